The van der Waals surface area contributed by atoms with E-state index in [9.17, 15) is 14.4 Å². The van der Waals surface area contributed by atoms with Gasteiger partial charge in [-0.25, -0.2) is 4.98 Å². The highest BCUT2D eigenvalue weighted by atomic mass is 16.3. The molecule has 3 fully saturated rings. The van der Waals surface area contributed by atoms with Crippen LogP contribution < -0.4 is 20.4 Å². The van der Waals surface area contributed by atoms with Crippen LogP contribution in [0.3, 0.4) is 0 Å². The van der Waals surface area contributed by atoms with Gasteiger partial charge in [0.15, 0.2) is 11.6 Å². The van der Waals surface area contributed by atoms with Crippen molar-refractivity contribution in [2.75, 3.05) is 60.9 Å². The van der Waals surface area contributed by atoms with Crippen LogP contribution in [0.5, 0.6) is 0 Å². The molecule has 0 atom stereocenters. The van der Waals surface area contributed by atoms with Crippen LogP contribution in [0.2, 0.25) is 0 Å². The summed E-state index contributed by atoms with van der Waals surface area (Å²) in [4.78, 5) is 49.0. The second-order valence-electron chi connectivity index (χ2n) is 11.4. The van der Waals surface area contributed by atoms with Crippen LogP contribution >= 0.6 is 0 Å². The van der Waals surface area contributed by atoms with Gasteiger partial charge >= 0.3 is 0 Å². The van der Waals surface area contributed by atoms with E-state index in [1.54, 1.807) is 12.1 Å². The van der Waals surface area contributed by atoms with Crippen LogP contribution in [0.1, 0.15) is 70.3 Å². The van der Waals surface area contributed by atoms with Gasteiger partial charge in [0.25, 0.3) is 11.8 Å². The van der Waals surface area contributed by atoms with Crippen LogP contribution in [0, 0.1) is 6.92 Å². The third-order valence-corrected chi connectivity index (χ3v) is 8.27. The molecule has 0 unspecified atom stereocenters. The summed E-state index contributed by atoms with van der Waals surface area (Å²) in [5.74, 6) is 0.525. The van der Waals surface area contributed by atoms with Crippen molar-refractivity contribution in [2.24, 2.45) is 0 Å². The highest BCUT2D eigenvalue weighted by Gasteiger charge is 2.30. The van der Waals surface area contributed by atoms with E-state index < -0.39 is 0 Å². The van der Waals surface area contributed by atoms with Crippen molar-refractivity contribution in [3.63, 3.8) is 0 Å². The lowest BCUT2D eigenvalue weighted by Gasteiger charge is -2.38. The average molecular weight is 571 g/mol. The van der Waals surface area contributed by atoms with Crippen LogP contribution in [-0.2, 0) is 4.79 Å². The van der Waals surface area contributed by atoms with E-state index in [1.165, 1.54) is 17.5 Å². The Labute approximate surface area is 246 Å². The number of aromatic nitrogens is 1. The smallest absolute Gasteiger partial charge is 0.277 e. The van der Waals surface area contributed by atoms with Gasteiger partial charge < -0.3 is 29.8 Å². The topological polar surface area (TPSA) is 111 Å². The summed E-state index contributed by atoms with van der Waals surface area (Å²) in [6.45, 7) is 7.22. The van der Waals surface area contributed by atoms with E-state index in [1.807, 2.05) is 11.0 Å². The van der Waals surface area contributed by atoms with E-state index in [4.69, 9.17) is 4.42 Å². The van der Waals surface area contributed by atoms with Crippen molar-refractivity contribution in [1.29, 1.82) is 0 Å². The molecular weight excluding hydrogens is 532 g/mol. The monoisotopic (exact) mass is 570 g/mol. The number of hydrogen-bond donors (Lipinski definition) is 2. The van der Waals surface area contributed by atoms with Gasteiger partial charge in [-0.05, 0) is 62.9 Å². The minimum atomic E-state index is -0.363. The third kappa shape index (κ3) is 6.42. The second kappa shape index (κ2) is 12.3. The molecule has 10 nitrogen and oxygen atoms in total. The van der Waals surface area contributed by atoms with Crippen LogP contribution in [0.25, 0.3) is 0 Å². The molecule has 6 rings (SSSR count). The first-order valence-electron chi connectivity index (χ1n) is 15.0. The minimum absolute atomic E-state index is 0.188. The number of anilines is 3. The maximum Gasteiger partial charge on any atom is 0.277 e. The van der Waals surface area contributed by atoms with Gasteiger partial charge in [-0.2, -0.15) is 0 Å². The van der Waals surface area contributed by atoms with Crippen molar-refractivity contribution in [1.82, 2.24) is 15.2 Å². The Morgan fingerprint density at radius 3 is 2.45 bits per heavy atom. The number of piperazine rings is 1. The van der Waals surface area contributed by atoms with Crippen LogP contribution in [-0.4, -0.2) is 73.4 Å². The summed E-state index contributed by atoms with van der Waals surface area (Å²) in [5, 5.41) is 5.97. The Morgan fingerprint density at radius 1 is 0.976 bits per heavy atom. The number of oxazole rings is 1. The Kier molecular flexibility index (Phi) is 8.12. The minimum Gasteiger partial charge on any atom is -0.448 e. The molecule has 1 aliphatic carbocycles. The number of likely N-dealkylation sites (tertiary alicyclic amines) is 1. The van der Waals surface area contributed by atoms with Gasteiger partial charge in [-0.15, -0.1) is 0 Å². The number of amides is 3. The van der Waals surface area contributed by atoms with Crippen molar-refractivity contribution in [2.45, 2.75) is 44.9 Å². The number of nitrogens with zero attached hydrogens (tertiary/aromatic N) is 4. The number of carbonyl (C=O) groups excluding carboxylic acids is 3. The van der Waals surface area contributed by atoms with Gasteiger partial charge in [0.2, 0.25) is 5.91 Å². The summed E-state index contributed by atoms with van der Waals surface area (Å²) in [7, 11) is 0. The maximum atomic E-state index is 13.2. The molecule has 2 aromatic carbocycles. The molecule has 42 heavy (non-hydrogen) atoms. The predicted octanol–water partition coefficient (Wildman–Crippen LogP) is 4.18. The maximum absolute atomic E-state index is 13.2. The molecule has 0 spiro atoms. The molecule has 2 aliphatic heterocycles. The molecule has 0 bridgehead atoms. The number of benzene rings is 2. The lowest BCUT2D eigenvalue weighted by molar-refractivity contribution is -0.127. The zero-order chi connectivity index (χ0) is 29.1. The van der Waals surface area contributed by atoms with Crippen molar-refractivity contribution in [3.05, 3.63) is 71.4 Å². The summed E-state index contributed by atoms with van der Waals surface area (Å²) < 4.78 is 5.54. The molecule has 1 aromatic heterocycles. The molecule has 0 radical (unpaired) electrons. The van der Waals surface area contributed by atoms with Crippen molar-refractivity contribution < 1.29 is 18.8 Å². The molecule has 3 aromatic rings. The van der Waals surface area contributed by atoms with E-state index in [-0.39, 0.29) is 23.4 Å². The highest BCUT2D eigenvalue weighted by Crippen LogP contribution is 2.39. The summed E-state index contributed by atoms with van der Waals surface area (Å²) >= 11 is 0. The Bertz CT molecular complexity index is 1440. The molecule has 3 aliphatic rings. The molecule has 2 N–H and O–H groups in total. The van der Waals surface area contributed by atoms with Gasteiger partial charge in [0.05, 0.1) is 11.4 Å². The lowest BCUT2D eigenvalue weighted by atomic mass is 10.1. The average Bonchev–Trinajstić information content (AvgIpc) is 3.59. The zero-order valence-electron chi connectivity index (χ0n) is 24.1. The van der Waals surface area contributed by atoms with Gasteiger partial charge in [0, 0.05) is 69.4 Å². The fraction of sp³-hybridized carbons (Fsp3) is 0.438. The fourth-order valence-electron chi connectivity index (χ4n) is 5.62. The van der Waals surface area contributed by atoms with Gasteiger partial charge in [-0.3, -0.25) is 14.4 Å². The zero-order valence-corrected chi connectivity index (χ0v) is 24.1. The normalized spacial score (nSPS) is 17.1. The predicted molar refractivity (Wildman–Crippen MR) is 161 cm³/mol. The first kappa shape index (κ1) is 27.8. The van der Waals surface area contributed by atoms with Crippen LogP contribution in [0.15, 0.2) is 53.1 Å². The quantitative estimate of drug-likeness (QED) is 0.352. The Balaban J connectivity index is 1.14. The molecule has 220 valence electrons. The van der Waals surface area contributed by atoms with E-state index in [0.29, 0.717) is 49.0 Å². The van der Waals surface area contributed by atoms with Crippen molar-refractivity contribution >= 4 is 34.8 Å². The molecule has 1 saturated carbocycles. The first-order chi connectivity index (χ1) is 20.4. The first-order valence-corrected chi connectivity index (χ1v) is 15.0. The van der Waals surface area contributed by atoms with E-state index >= 15 is 0 Å². The number of carbonyl (C=O) groups is 3. The summed E-state index contributed by atoms with van der Waals surface area (Å²) in [6, 6.07) is 14.0. The largest absolute Gasteiger partial charge is 0.448 e. The molecule has 3 heterocycles. The number of aryl methyl sites for hydroxylation is 1. The number of rotatable bonds is 10. The molecular formula is C32H38N6O4. The van der Waals surface area contributed by atoms with Gasteiger partial charge in [-0.1, -0.05) is 17.7 Å². The summed E-state index contributed by atoms with van der Waals surface area (Å²) in [5.41, 5.74) is 4.56. The van der Waals surface area contributed by atoms with E-state index in [2.05, 4.69) is 56.6 Å². The standard InChI is InChI=1S/C32H38N6O4/c1-22-5-10-25(11-6-22)36-16-18-37(19-17-36)28-12-9-24(30(40)33-13-3-15-38-14-2-4-29(38)39)20-26(28)34-31(41)27-21-42-32(35-27)23-7-8-23/h5-6,9-12,20-21,23H,2-4,7-8,13-19H2,1H3,(H,33,40)(H,34,41). The van der Waals surface area contributed by atoms with E-state index in [0.717, 1.165) is 57.7 Å². The second-order valence-corrected chi connectivity index (χ2v) is 11.4. The third-order valence-electron chi connectivity index (χ3n) is 8.27. The van der Waals surface area contributed by atoms with Gasteiger partial charge in [0.1, 0.15) is 6.26 Å². The number of nitrogens with one attached hydrogen (secondary N) is 2. The summed E-state index contributed by atoms with van der Waals surface area (Å²) in [6.07, 6.45) is 5.69. The highest BCUT2D eigenvalue weighted by molar-refractivity contribution is 6.06. The van der Waals surface area contributed by atoms with Crippen molar-refractivity contribution in [3.8, 4) is 0 Å². The molecule has 2 saturated heterocycles. The lowest BCUT2D eigenvalue weighted by Crippen LogP contribution is -2.46. The van der Waals surface area contributed by atoms with Crippen LogP contribution in [0.4, 0.5) is 17.1 Å². The molecule has 10 heteroatoms. The Morgan fingerprint density at radius 2 is 1.74 bits per heavy atom. The Hall–Kier alpha value is -4.34. The SMILES string of the molecule is Cc1ccc(N2CCN(c3ccc(C(=O)NCCCN4CCCC4=O)cc3NC(=O)c3coc(C4CC4)n3)CC2)cc1. The molecule has 3 amide bonds. The fourth-order valence-corrected chi connectivity index (χ4v) is 5.62. The number of hydrogen-bond acceptors (Lipinski definition) is 7.